The number of pyridine rings is 1. The number of hydrogen-bond donors (Lipinski definition) is 2. The lowest BCUT2D eigenvalue weighted by atomic mass is 10.1. The summed E-state index contributed by atoms with van der Waals surface area (Å²) in [7, 11) is 0. The summed E-state index contributed by atoms with van der Waals surface area (Å²) in [5, 5.41) is 6.46. The number of nitrogens with two attached hydrogens (primary N) is 1. The van der Waals surface area contributed by atoms with Crippen molar-refractivity contribution in [3.05, 3.63) is 57.4 Å². The molecule has 0 aliphatic rings. The lowest BCUT2D eigenvalue weighted by molar-refractivity contribution is 0.100. The Morgan fingerprint density at radius 2 is 2.14 bits per heavy atom. The molecule has 3 N–H and O–H groups in total. The van der Waals surface area contributed by atoms with Crippen LogP contribution < -0.4 is 11.1 Å². The molecule has 1 amide bonds. The van der Waals surface area contributed by atoms with E-state index in [1.807, 2.05) is 25.1 Å². The van der Waals surface area contributed by atoms with Gasteiger partial charge >= 0.3 is 0 Å². The first-order chi connectivity index (χ1) is 10.6. The molecule has 2 heterocycles. The van der Waals surface area contributed by atoms with Gasteiger partial charge in [0.1, 0.15) is 0 Å². The third kappa shape index (κ3) is 2.67. The van der Waals surface area contributed by atoms with Crippen LogP contribution in [0.3, 0.4) is 0 Å². The van der Waals surface area contributed by atoms with Gasteiger partial charge < -0.3 is 11.1 Å². The summed E-state index contributed by atoms with van der Waals surface area (Å²) >= 11 is 1.73. The van der Waals surface area contributed by atoms with Gasteiger partial charge in [-0.2, -0.15) is 0 Å². The summed E-state index contributed by atoms with van der Waals surface area (Å²) < 4.78 is 0. The lowest BCUT2D eigenvalue weighted by Crippen LogP contribution is -2.12. The number of primary amides is 1. The maximum absolute atomic E-state index is 11.6. The number of carbonyl (C=O) groups is 1. The molecule has 0 bridgehead atoms. The molecule has 3 rings (SSSR count). The van der Waals surface area contributed by atoms with E-state index in [0.717, 1.165) is 23.3 Å². The number of carbonyl (C=O) groups excluding carboxylic acids is 1. The Labute approximate surface area is 133 Å². The molecule has 0 atom stereocenters. The van der Waals surface area contributed by atoms with Crippen LogP contribution in [-0.2, 0) is 6.54 Å². The lowest BCUT2D eigenvalue weighted by Gasteiger charge is -2.12. The molecule has 0 saturated heterocycles. The molecule has 5 heteroatoms. The largest absolute Gasteiger partial charge is 0.380 e. The van der Waals surface area contributed by atoms with Gasteiger partial charge in [-0.05, 0) is 43.0 Å². The first kappa shape index (κ1) is 14.5. The number of fused-ring (bicyclic) bond motifs is 1. The zero-order valence-corrected chi connectivity index (χ0v) is 13.3. The molecule has 0 aliphatic heterocycles. The summed E-state index contributed by atoms with van der Waals surface area (Å²) in [4.78, 5) is 17.4. The number of anilines is 1. The van der Waals surface area contributed by atoms with E-state index in [9.17, 15) is 4.79 Å². The Balaban J connectivity index is 2.04. The third-order valence-electron chi connectivity index (χ3n) is 3.64. The first-order valence-corrected chi connectivity index (χ1v) is 7.91. The molecular formula is C17H17N3OS. The quantitative estimate of drug-likeness (QED) is 0.773. The minimum absolute atomic E-state index is 0.455. The molecule has 22 heavy (non-hydrogen) atoms. The van der Waals surface area contributed by atoms with Crippen molar-refractivity contribution >= 4 is 33.8 Å². The van der Waals surface area contributed by atoms with E-state index in [2.05, 4.69) is 28.7 Å². The van der Waals surface area contributed by atoms with Crippen molar-refractivity contribution < 1.29 is 4.79 Å². The number of thiophene rings is 1. The van der Waals surface area contributed by atoms with Gasteiger partial charge in [-0.3, -0.25) is 9.78 Å². The molecule has 0 saturated carbocycles. The highest BCUT2D eigenvalue weighted by Gasteiger charge is 2.11. The van der Waals surface area contributed by atoms with Crippen LogP contribution in [-0.4, -0.2) is 10.9 Å². The number of rotatable bonds is 4. The van der Waals surface area contributed by atoms with Crippen molar-refractivity contribution in [3.63, 3.8) is 0 Å². The fourth-order valence-electron chi connectivity index (χ4n) is 2.48. The van der Waals surface area contributed by atoms with Crippen molar-refractivity contribution in [2.75, 3.05) is 5.32 Å². The number of benzene rings is 1. The van der Waals surface area contributed by atoms with E-state index >= 15 is 0 Å². The smallest absolute Gasteiger partial charge is 0.250 e. The van der Waals surface area contributed by atoms with E-state index in [-0.39, 0.29) is 0 Å². The maximum atomic E-state index is 11.6. The Bertz CT molecular complexity index is 854. The standard InChI is InChI=1S/C17H17N3OS/c1-10-6-7-22-15(10)9-19-14-8-11(2)20-16-12(14)4-3-5-13(16)17(18)21/h3-8H,9H2,1-2H3,(H2,18,21)(H,19,20). The van der Waals surface area contributed by atoms with Gasteiger partial charge in [0.2, 0.25) is 0 Å². The average Bonchev–Trinajstić information content (AvgIpc) is 2.89. The Morgan fingerprint density at radius 3 is 2.82 bits per heavy atom. The highest BCUT2D eigenvalue weighted by molar-refractivity contribution is 7.10. The van der Waals surface area contributed by atoms with E-state index in [0.29, 0.717) is 11.1 Å². The molecule has 3 aromatic rings. The van der Waals surface area contributed by atoms with Crippen molar-refractivity contribution in [2.24, 2.45) is 5.73 Å². The summed E-state index contributed by atoms with van der Waals surface area (Å²) in [5.74, 6) is -0.455. The molecule has 112 valence electrons. The van der Waals surface area contributed by atoms with Gasteiger partial charge in [0.15, 0.2) is 0 Å². The molecule has 4 nitrogen and oxygen atoms in total. The van der Waals surface area contributed by atoms with Gasteiger partial charge in [0.05, 0.1) is 11.1 Å². The average molecular weight is 311 g/mol. The normalized spacial score (nSPS) is 10.8. The molecule has 0 aliphatic carbocycles. The van der Waals surface area contributed by atoms with Crippen molar-refractivity contribution in [1.29, 1.82) is 0 Å². The predicted octanol–water partition coefficient (Wildman–Crippen LogP) is 3.62. The molecule has 0 unspecified atom stereocenters. The number of para-hydroxylation sites is 1. The molecule has 1 aromatic carbocycles. The molecule has 0 fully saturated rings. The van der Waals surface area contributed by atoms with E-state index < -0.39 is 5.91 Å². The van der Waals surface area contributed by atoms with Gasteiger partial charge in [-0.25, -0.2) is 0 Å². The zero-order valence-electron chi connectivity index (χ0n) is 12.5. The fraction of sp³-hybridized carbons (Fsp3) is 0.176. The minimum atomic E-state index is -0.455. The van der Waals surface area contributed by atoms with Gasteiger partial charge in [0.25, 0.3) is 5.91 Å². The monoisotopic (exact) mass is 311 g/mol. The summed E-state index contributed by atoms with van der Waals surface area (Å²) in [5.41, 5.74) is 9.67. The van der Waals surface area contributed by atoms with Crippen molar-refractivity contribution in [1.82, 2.24) is 4.98 Å². The second-order valence-corrected chi connectivity index (χ2v) is 6.26. The number of nitrogens with zero attached hydrogens (tertiary/aromatic N) is 1. The number of aryl methyl sites for hydroxylation is 2. The van der Waals surface area contributed by atoms with Crippen LogP contribution in [0.2, 0.25) is 0 Å². The van der Waals surface area contributed by atoms with Gasteiger partial charge in [-0.15, -0.1) is 11.3 Å². The topological polar surface area (TPSA) is 68.0 Å². The minimum Gasteiger partial charge on any atom is -0.380 e. The van der Waals surface area contributed by atoms with Crippen molar-refractivity contribution in [3.8, 4) is 0 Å². The first-order valence-electron chi connectivity index (χ1n) is 7.03. The van der Waals surface area contributed by atoms with Crippen LogP contribution in [0.15, 0.2) is 35.7 Å². The number of hydrogen-bond acceptors (Lipinski definition) is 4. The zero-order chi connectivity index (χ0) is 15.7. The fourth-order valence-corrected chi connectivity index (χ4v) is 3.33. The van der Waals surface area contributed by atoms with E-state index in [4.69, 9.17) is 5.73 Å². The molecule has 0 radical (unpaired) electrons. The van der Waals surface area contributed by atoms with Crippen LogP contribution >= 0.6 is 11.3 Å². The third-order valence-corrected chi connectivity index (χ3v) is 4.66. The van der Waals surface area contributed by atoms with Crippen LogP contribution in [0, 0.1) is 13.8 Å². The Kier molecular flexibility index (Phi) is 3.81. The summed E-state index contributed by atoms with van der Waals surface area (Å²) in [6.07, 6.45) is 0. The van der Waals surface area contributed by atoms with Crippen LogP contribution in [0.4, 0.5) is 5.69 Å². The Morgan fingerprint density at radius 1 is 1.32 bits per heavy atom. The highest BCUT2D eigenvalue weighted by atomic mass is 32.1. The van der Waals surface area contributed by atoms with Crippen molar-refractivity contribution in [2.45, 2.75) is 20.4 Å². The van der Waals surface area contributed by atoms with Crippen LogP contribution in [0.1, 0.15) is 26.5 Å². The summed E-state index contributed by atoms with van der Waals surface area (Å²) in [6.45, 7) is 4.77. The van der Waals surface area contributed by atoms with Gasteiger partial charge in [0, 0.05) is 28.2 Å². The molecule has 0 spiro atoms. The number of amides is 1. The van der Waals surface area contributed by atoms with Crippen LogP contribution in [0.5, 0.6) is 0 Å². The number of nitrogens with one attached hydrogen (secondary N) is 1. The highest BCUT2D eigenvalue weighted by Crippen LogP contribution is 2.27. The maximum Gasteiger partial charge on any atom is 0.250 e. The van der Waals surface area contributed by atoms with E-state index in [1.54, 1.807) is 17.4 Å². The number of aromatic nitrogens is 1. The van der Waals surface area contributed by atoms with Crippen LogP contribution in [0.25, 0.3) is 10.9 Å². The van der Waals surface area contributed by atoms with Gasteiger partial charge in [-0.1, -0.05) is 12.1 Å². The summed E-state index contributed by atoms with van der Waals surface area (Å²) in [6, 6.07) is 9.61. The molecular weight excluding hydrogens is 294 g/mol. The Hall–Kier alpha value is -2.40. The SMILES string of the molecule is Cc1cc(NCc2sccc2C)c2cccc(C(N)=O)c2n1. The molecule has 2 aromatic heterocycles. The van der Waals surface area contributed by atoms with E-state index in [1.165, 1.54) is 10.4 Å². The second kappa shape index (κ2) is 5.77. The predicted molar refractivity (Wildman–Crippen MR) is 91.4 cm³/mol. The second-order valence-electron chi connectivity index (χ2n) is 5.26.